The molecule has 1 amide bonds. The van der Waals surface area contributed by atoms with Crippen molar-refractivity contribution in [2.75, 3.05) is 6.54 Å². The van der Waals surface area contributed by atoms with E-state index in [4.69, 9.17) is 5.11 Å². The second-order valence-electron chi connectivity index (χ2n) is 2.74. The first-order valence-electron chi connectivity index (χ1n) is 3.88. The van der Waals surface area contributed by atoms with Crippen LogP contribution < -0.4 is 0 Å². The molecule has 0 saturated heterocycles. The zero-order chi connectivity index (χ0) is 10.7. The van der Waals surface area contributed by atoms with Gasteiger partial charge in [-0.25, -0.2) is 4.79 Å². The summed E-state index contributed by atoms with van der Waals surface area (Å²) < 4.78 is 4.68. The summed E-state index contributed by atoms with van der Waals surface area (Å²) in [5, 5.41) is 8.69. The summed E-state index contributed by atoms with van der Waals surface area (Å²) in [5.74, 6) is -0.934. The Labute approximate surface area is 79.8 Å². The summed E-state index contributed by atoms with van der Waals surface area (Å²) in [5.41, 5.74) is 0. The molecule has 0 radical (unpaired) electrons. The Morgan fingerprint density at radius 2 is 2.29 bits per heavy atom. The molecule has 0 aliphatic carbocycles. The van der Waals surface area contributed by atoms with E-state index in [1.807, 2.05) is 0 Å². The van der Waals surface area contributed by atoms with Gasteiger partial charge in [0.2, 0.25) is 6.23 Å². The van der Waals surface area contributed by atoms with Gasteiger partial charge in [-0.2, -0.15) is 0 Å². The molecule has 1 aliphatic heterocycles. The third kappa shape index (κ3) is 2.32. The molecule has 6 nitrogen and oxygen atoms in total. The average Bonchev–Trinajstić information content (AvgIpc) is 2.07. The minimum atomic E-state index is -1.30. The SMILES string of the molecule is CC(=O)OC1C=CC(=O)CN1C(=O)O. The number of hydrogen-bond acceptors (Lipinski definition) is 4. The number of carbonyl (C=O) groups excluding carboxylic acids is 2. The topological polar surface area (TPSA) is 83.9 Å². The van der Waals surface area contributed by atoms with E-state index < -0.39 is 18.3 Å². The standard InChI is InChI=1S/C8H9NO5/c1-5(10)14-7-3-2-6(11)4-9(7)8(12)13/h2-3,7H,4H2,1H3,(H,12,13). The van der Waals surface area contributed by atoms with Crippen LogP contribution in [0.3, 0.4) is 0 Å². The van der Waals surface area contributed by atoms with Gasteiger partial charge in [-0.3, -0.25) is 14.5 Å². The first kappa shape index (κ1) is 10.2. The highest BCUT2D eigenvalue weighted by atomic mass is 16.6. The highest BCUT2D eigenvalue weighted by Gasteiger charge is 2.28. The van der Waals surface area contributed by atoms with Crippen LogP contribution in [0.5, 0.6) is 0 Å². The molecule has 0 saturated carbocycles. The van der Waals surface area contributed by atoms with Crippen molar-refractivity contribution in [3.8, 4) is 0 Å². The average molecular weight is 199 g/mol. The molecular formula is C8H9NO5. The summed E-state index contributed by atoms with van der Waals surface area (Å²) in [6.07, 6.45) is 0.144. The number of carboxylic acid groups (broad SMARTS) is 1. The molecule has 0 bridgehead atoms. The Balaban J connectivity index is 2.79. The summed E-state index contributed by atoms with van der Waals surface area (Å²) in [6, 6.07) is 0. The highest BCUT2D eigenvalue weighted by Crippen LogP contribution is 2.09. The van der Waals surface area contributed by atoms with Gasteiger partial charge in [-0.1, -0.05) is 0 Å². The van der Waals surface area contributed by atoms with Crippen LogP contribution in [0, 0.1) is 0 Å². The van der Waals surface area contributed by atoms with Crippen molar-refractivity contribution in [2.45, 2.75) is 13.2 Å². The first-order valence-corrected chi connectivity index (χ1v) is 3.88. The molecular weight excluding hydrogens is 190 g/mol. The molecule has 0 fully saturated rings. The molecule has 1 N–H and O–H groups in total. The number of esters is 1. The van der Waals surface area contributed by atoms with Crippen LogP contribution >= 0.6 is 0 Å². The normalized spacial score (nSPS) is 20.8. The fourth-order valence-corrected chi connectivity index (χ4v) is 1.05. The van der Waals surface area contributed by atoms with Gasteiger partial charge in [-0.05, 0) is 12.2 Å². The Hall–Kier alpha value is -1.85. The maximum atomic E-state index is 10.9. The van der Waals surface area contributed by atoms with Crippen LogP contribution in [0.4, 0.5) is 4.79 Å². The van der Waals surface area contributed by atoms with E-state index in [9.17, 15) is 14.4 Å². The monoisotopic (exact) mass is 199 g/mol. The number of ketones is 1. The second-order valence-corrected chi connectivity index (χ2v) is 2.74. The highest BCUT2D eigenvalue weighted by molar-refractivity contribution is 5.94. The molecule has 1 aliphatic rings. The van der Waals surface area contributed by atoms with Crippen LogP contribution in [-0.2, 0) is 14.3 Å². The van der Waals surface area contributed by atoms with Crippen molar-refractivity contribution in [1.82, 2.24) is 4.90 Å². The minimum absolute atomic E-state index is 0.288. The van der Waals surface area contributed by atoms with E-state index in [0.717, 1.165) is 4.90 Å². The maximum absolute atomic E-state index is 10.9. The van der Waals surface area contributed by atoms with Crippen LogP contribution in [0.1, 0.15) is 6.92 Å². The van der Waals surface area contributed by atoms with Crippen LogP contribution in [-0.4, -0.2) is 40.6 Å². The smallest absolute Gasteiger partial charge is 0.410 e. The molecule has 1 rings (SSSR count). The quantitative estimate of drug-likeness (QED) is 0.600. The molecule has 0 spiro atoms. The van der Waals surface area contributed by atoms with Crippen molar-refractivity contribution in [3.63, 3.8) is 0 Å². The number of hydrogen-bond donors (Lipinski definition) is 1. The van der Waals surface area contributed by atoms with Gasteiger partial charge in [0, 0.05) is 6.92 Å². The Morgan fingerprint density at radius 1 is 1.64 bits per heavy atom. The Morgan fingerprint density at radius 3 is 2.79 bits per heavy atom. The van der Waals surface area contributed by atoms with Gasteiger partial charge in [0.05, 0.1) is 6.54 Å². The van der Waals surface area contributed by atoms with E-state index >= 15 is 0 Å². The van der Waals surface area contributed by atoms with E-state index in [2.05, 4.69) is 4.74 Å². The molecule has 0 aromatic carbocycles. The van der Waals surface area contributed by atoms with Gasteiger partial charge >= 0.3 is 12.1 Å². The lowest BCUT2D eigenvalue weighted by molar-refractivity contribution is -0.152. The Bertz CT molecular complexity index is 309. The molecule has 1 heterocycles. The van der Waals surface area contributed by atoms with Crippen molar-refractivity contribution in [1.29, 1.82) is 0 Å². The lowest BCUT2D eigenvalue weighted by Gasteiger charge is -2.27. The third-order valence-electron chi connectivity index (χ3n) is 1.61. The fraction of sp³-hybridized carbons (Fsp3) is 0.375. The fourth-order valence-electron chi connectivity index (χ4n) is 1.05. The molecule has 14 heavy (non-hydrogen) atoms. The first-order chi connectivity index (χ1) is 6.50. The predicted octanol–water partition coefficient (Wildman–Crippen LogP) is -0.00550. The van der Waals surface area contributed by atoms with Crippen LogP contribution in [0.2, 0.25) is 0 Å². The van der Waals surface area contributed by atoms with Gasteiger partial charge < -0.3 is 9.84 Å². The molecule has 0 aromatic rings. The number of ether oxygens (including phenoxy) is 1. The molecule has 6 heteroatoms. The summed E-state index contributed by atoms with van der Waals surface area (Å²) in [7, 11) is 0. The third-order valence-corrected chi connectivity index (χ3v) is 1.61. The number of rotatable bonds is 1. The second kappa shape index (κ2) is 3.91. The van der Waals surface area contributed by atoms with E-state index in [-0.39, 0.29) is 12.3 Å². The summed E-state index contributed by atoms with van der Waals surface area (Å²) in [6.45, 7) is 0.883. The number of carbonyl (C=O) groups is 3. The lowest BCUT2D eigenvalue weighted by Crippen LogP contribution is -2.46. The van der Waals surface area contributed by atoms with Gasteiger partial charge in [0.15, 0.2) is 5.78 Å². The van der Waals surface area contributed by atoms with E-state index in [0.29, 0.717) is 0 Å². The summed E-state index contributed by atoms with van der Waals surface area (Å²) >= 11 is 0. The van der Waals surface area contributed by atoms with Crippen LogP contribution in [0.15, 0.2) is 12.2 Å². The van der Waals surface area contributed by atoms with Crippen molar-refractivity contribution < 1.29 is 24.2 Å². The molecule has 76 valence electrons. The maximum Gasteiger partial charge on any atom is 0.410 e. The minimum Gasteiger partial charge on any atom is -0.465 e. The van der Waals surface area contributed by atoms with Gasteiger partial charge in [0.25, 0.3) is 0 Å². The van der Waals surface area contributed by atoms with Crippen LogP contribution in [0.25, 0.3) is 0 Å². The summed E-state index contributed by atoms with van der Waals surface area (Å²) in [4.78, 5) is 32.9. The zero-order valence-corrected chi connectivity index (χ0v) is 7.47. The Kier molecular flexibility index (Phi) is 2.85. The predicted molar refractivity (Wildman–Crippen MR) is 44.4 cm³/mol. The molecule has 1 atom stereocenters. The lowest BCUT2D eigenvalue weighted by atomic mass is 10.2. The van der Waals surface area contributed by atoms with E-state index in [1.54, 1.807) is 0 Å². The van der Waals surface area contributed by atoms with Crippen molar-refractivity contribution in [2.24, 2.45) is 0 Å². The molecule has 1 unspecified atom stereocenters. The van der Waals surface area contributed by atoms with E-state index in [1.165, 1.54) is 19.1 Å². The van der Waals surface area contributed by atoms with Gasteiger partial charge in [0.1, 0.15) is 0 Å². The van der Waals surface area contributed by atoms with Gasteiger partial charge in [-0.15, -0.1) is 0 Å². The number of nitrogens with zero attached hydrogens (tertiary/aromatic N) is 1. The molecule has 0 aromatic heterocycles. The van der Waals surface area contributed by atoms with Crippen molar-refractivity contribution >= 4 is 17.8 Å². The zero-order valence-electron chi connectivity index (χ0n) is 7.47. The van der Waals surface area contributed by atoms with Crippen molar-refractivity contribution in [3.05, 3.63) is 12.2 Å². The number of amides is 1. The largest absolute Gasteiger partial charge is 0.465 e.